The number of hydrogen-bond acceptors (Lipinski definition) is 5. The van der Waals surface area contributed by atoms with Gasteiger partial charge in [0, 0.05) is 15.6 Å². The van der Waals surface area contributed by atoms with Crippen LogP contribution in [0.15, 0.2) is 36.1 Å². The van der Waals surface area contributed by atoms with E-state index in [4.69, 9.17) is 37.4 Å². The van der Waals surface area contributed by atoms with Crippen molar-refractivity contribution in [2.75, 3.05) is 6.61 Å². The SMILES string of the molecule is Cc1c(OCC(=O)OC(C)C)ccc2c1O/C(=C\c1ccc(Cl)cc1Cl)C2=O. The van der Waals surface area contributed by atoms with Gasteiger partial charge in [0.1, 0.15) is 11.5 Å². The normalized spacial score (nSPS) is 14.2. The van der Waals surface area contributed by atoms with Crippen LogP contribution in [0.1, 0.15) is 35.3 Å². The van der Waals surface area contributed by atoms with Crippen molar-refractivity contribution in [3.8, 4) is 11.5 Å². The van der Waals surface area contributed by atoms with Crippen molar-refractivity contribution in [2.24, 2.45) is 0 Å². The number of allylic oxidation sites excluding steroid dienone is 1. The zero-order chi connectivity index (χ0) is 20.4. The number of fused-ring (bicyclic) bond motifs is 1. The summed E-state index contributed by atoms with van der Waals surface area (Å²) in [7, 11) is 0. The Morgan fingerprint density at radius 3 is 2.64 bits per heavy atom. The van der Waals surface area contributed by atoms with E-state index in [2.05, 4.69) is 0 Å². The highest BCUT2D eigenvalue weighted by atomic mass is 35.5. The predicted molar refractivity (Wildman–Crippen MR) is 107 cm³/mol. The molecule has 0 amide bonds. The fourth-order valence-corrected chi connectivity index (χ4v) is 3.18. The number of ether oxygens (including phenoxy) is 3. The molecule has 5 nitrogen and oxygen atoms in total. The predicted octanol–water partition coefficient (Wildman–Crippen LogP) is 5.25. The zero-order valence-corrected chi connectivity index (χ0v) is 17.1. The van der Waals surface area contributed by atoms with Crippen molar-refractivity contribution in [2.45, 2.75) is 26.9 Å². The summed E-state index contributed by atoms with van der Waals surface area (Å²) in [6.45, 7) is 5.06. The molecule has 0 fully saturated rings. The minimum Gasteiger partial charge on any atom is -0.481 e. The van der Waals surface area contributed by atoms with E-state index in [1.807, 2.05) is 0 Å². The number of esters is 1. The standard InChI is InChI=1S/C21H18Cl2O5/c1-11(2)27-19(24)10-26-17-7-6-15-20(25)18(28-21(15)12(17)3)8-13-4-5-14(22)9-16(13)23/h4-9,11H,10H2,1-3H3/b18-8-. The third kappa shape index (κ3) is 4.32. The topological polar surface area (TPSA) is 61.8 Å². The lowest BCUT2D eigenvalue weighted by atomic mass is 10.1. The van der Waals surface area contributed by atoms with E-state index in [0.717, 1.165) is 0 Å². The number of benzene rings is 2. The third-order valence-electron chi connectivity index (χ3n) is 4.00. The Labute approximate surface area is 172 Å². The monoisotopic (exact) mass is 420 g/mol. The van der Waals surface area contributed by atoms with Gasteiger partial charge in [0.15, 0.2) is 12.4 Å². The maximum absolute atomic E-state index is 12.7. The average Bonchev–Trinajstić information content (AvgIpc) is 2.93. The zero-order valence-electron chi connectivity index (χ0n) is 15.5. The summed E-state index contributed by atoms with van der Waals surface area (Å²) < 4.78 is 16.3. The van der Waals surface area contributed by atoms with Crippen LogP contribution >= 0.6 is 23.2 Å². The van der Waals surface area contributed by atoms with E-state index in [1.54, 1.807) is 57.2 Å². The summed E-state index contributed by atoms with van der Waals surface area (Å²) in [5.41, 5.74) is 1.66. The molecule has 2 aromatic carbocycles. The molecule has 0 saturated carbocycles. The first-order valence-corrected chi connectivity index (χ1v) is 9.37. The van der Waals surface area contributed by atoms with Gasteiger partial charge in [-0.2, -0.15) is 0 Å². The molecule has 0 bridgehead atoms. The van der Waals surface area contributed by atoms with Gasteiger partial charge in [0.05, 0.1) is 11.7 Å². The number of carbonyl (C=O) groups is 2. The van der Waals surface area contributed by atoms with Gasteiger partial charge in [0.25, 0.3) is 0 Å². The van der Waals surface area contributed by atoms with Crippen LogP contribution in [0.2, 0.25) is 10.0 Å². The molecular formula is C21H18Cl2O5. The van der Waals surface area contributed by atoms with Crippen molar-refractivity contribution < 1.29 is 23.8 Å². The maximum atomic E-state index is 12.7. The molecule has 2 aromatic rings. The highest BCUT2D eigenvalue weighted by Gasteiger charge is 2.30. The molecule has 1 heterocycles. The van der Waals surface area contributed by atoms with E-state index < -0.39 is 5.97 Å². The third-order valence-corrected chi connectivity index (χ3v) is 4.56. The lowest BCUT2D eigenvalue weighted by molar-refractivity contribution is -0.149. The van der Waals surface area contributed by atoms with Crippen molar-refractivity contribution >= 4 is 41.0 Å². The van der Waals surface area contributed by atoms with Crippen LogP contribution in [-0.4, -0.2) is 24.5 Å². The van der Waals surface area contributed by atoms with Crippen LogP contribution in [0.3, 0.4) is 0 Å². The van der Waals surface area contributed by atoms with Crippen molar-refractivity contribution in [3.63, 3.8) is 0 Å². The molecule has 3 rings (SSSR count). The summed E-state index contributed by atoms with van der Waals surface area (Å²) in [6, 6.07) is 8.22. The van der Waals surface area contributed by atoms with Gasteiger partial charge in [-0.15, -0.1) is 0 Å². The first kappa shape index (κ1) is 20.2. The Balaban J connectivity index is 1.82. The Kier molecular flexibility index (Phi) is 5.96. The molecule has 0 unspecified atom stereocenters. The molecule has 0 aliphatic carbocycles. The van der Waals surface area contributed by atoms with Gasteiger partial charge in [0.2, 0.25) is 5.78 Å². The van der Waals surface area contributed by atoms with E-state index in [1.165, 1.54) is 0 Å². The molecule has 0 atom stereocenters. The molecule has 1 aliphatic heterocycles. The smallest absolute Gasteiger partial charge is 0.344 e. The van der Waals surface area contributed by atoms with Gasteiger partial charge >= 0.3 is 5.97 Å². The highest BCUT2D eigenvalue weighted by Crippen LogP contribution is 2.39. The number of hydrogen-bond donors (Lipinski definition) is 0. The number of ketones is 1. The Hall–Kier alpha value is -2.50. The van der Waals surface area contributed by atoms with Crippen molar-refractivity contribution in [3.05, 3.63) is 62.8 Å². The summed E-state index contributed by atoms with van der Waals surface area (Å²) in [5, 5.41) is 0.916. The van der Waals surface area contributed by atoms with Crippen molar-refractivity contribution in [1.29, 1.82) is 0 Å². The second-order valence-corrected chi connectivity index (χ2v) is 7.34. The number of Topliss-reactive ketones (excluding diaryl/α,β-unsaturated/α-hetero) is 1. The van der Waals surface area contributed by atoms with Crippen LogP contribution in [0.4, 0.5) is 0 Å². The fourth-order valence-electron chi connectivity index (χ4n) is 2.72. The minimum atomic E-state index is -0.468. The largest absolute Gasteiger partial charge is 0.481 e. The van der Waals surface area contributed by atoms with E-state index in [9.17, 15) is 9.59 Å². The molecule has 7 heteroatoms. The minimum absolute atomic E-state index is 0.152. The Morgan fingerprint density at radius 1 is 1.21 bits per heavy atom. The first-order valence-electron chi connectivity index (χ1n) is 8.61. The molecule has 0 radical (unpaired) electrons. The van der Waals surface area contributed by atoms with Gasteiger partial charge in [-0.25, -0.2) is 4.79 Å². The lowest BCUT2D eigenvalue weighted by Gasteiger charge is -2.12. The maximum Gasteiger partial charge on any atom is 0.344 e. The summed E-state index contributed by atoms with van der Waals surface area (Å²) in [4.78, 5) is 24.3. The van der Waals surface area contributed by atoms with Crippen LogP contribution in [-0.2, 0) is 9.53 Å². The Morgan fingerprint density at radius 2 is 1.96 bits per heavy atom. The van der Waals surface area contributed by atoms with Crippen molar-refractivity contribution in [1.82, 2.24) is 0 Å². The first-order chi connectivity index (χ1) is 13.3. The highest BCUT2D eigenvalue weighted by molar-refractivity contribution is 6.35. The van der Waals surface area contributed by atoms with Gasteiger partial charge < -0.3 is 14.2 Å². The van der Waals surface area contributed by atoms with Gasteiger partial charge in [-0.05, 0) is 56.7 Å². The number of halogens is 2. The average molecular weight is 421 g/mol. The van der Waals surface area contributed by atoms with Crippen LogP contribution in [0.25, 0.3) is 6.08 Å². The summed E-state index contributed by atoms with van der Waals surface area (Å²) in [5.74, 6) is 0.271. The molecule has 0 saturated heterocycles. The molecule has 0 aromatic heterocycles. The molecule has 1 aliphatic rings. The molecule has 0 spiro atoms. The lowest BCUT2D eigenvalue weighted by Crippen LogP contribution is -2.19. The quantitative estimate of drug-likeness (QED) is 0.488. The second-order valence-electron chi connectivity index (χ2n) is 6.50. The number of rotatable bonds is 5. The van der Waals surface area contributed by atoms with Crippen LogP contribution in [0.5, 0.6) is 11.5 Å². The molecule has 0 N–H and O–H groups in total. The van der Waals surface area contributed by atoms with E-state index in [0.29, 0.717) is 38.2 Å². The van der Waals surface area contributed by atoms with E-state index in [-0.39, 0.29) is 24.3 Å². The molecule has 146 valence electrons. The van der Waals surface area contributed by atoms with E-state index >= 15 is 0 Å². The Bertz CT molecular complexity index is 979. The van der Waals surface area contributed by atoms with Crippen LogP contribution < -0.4 is 9.47 Å². The fraction of sp³-hybridized carbons (Fsp3) is 0.238. The summed E-state index contributed by atoms with van der Waals surface area (Å²) in [6.07, 6.45) is 1.35. The molecular weight excluding hydrogens is 403 g/mol. The van der Waals surface area contributed by atoms with Gasteiger partial charge in [-0.1, -0.05) is 29.3 Å². The van der Waals surface area contributed by atoms with Gasteiger partial charge in [-0.3, -0.25) is 4.79 Å². The number of carbonyl (C=O) groups excluding carboxylic acids is 2. The summed E-state index contributed by atoms with van der Waals surface area (Å²) >= 11 is 12.1. The van der Waals surface area contributed by atoms with Crippen LogP contribution in [0, 0.1) is 6.92 Å². The second kappa shape index (κ2) is 8.25. The molecule has 28 heavy (non-hydrogen) atoms.